The van der Waals surface area contributed by atoms with Crippen LogP contribution in [0.4, 0.5) is 17.1 Å². The van der Waals surface area contributed by atoms with Crippen LogP contribution >= 0.6 is 0 Å². The number of hydrogen-bond acceptors (Lipinski definition) is 5. The van der Waals surface area contributed by atoms with Gasteiger partial charge in [-0.1, -0.05) is 56.3 Å². The van der Waals surface area contributed by atoms with E-state index in [1.54, 1.807) is 7.11 Å². The number of ketones is 1. The number of allylic oxidation sites excluding steroid dienone is 1. The Morgan fingerprint density at radius 2 is 1.69 bits per heavy atom. The Bertz CT molecular complexity index is 1310. The molecule has 6 nitrogen and oxygen atoms in total. The topological polar surface area (TPSA) is 70.7 Å². The molecule has 184 valence electrons. The van der Waals surface area contributed by atoms with Crippen molar-refractivity contribution in [3.63, 3.8) is 0 Å². The number of hydrogen-bond donors (Lipinski definition) is 2. The Morgan fingerprint density at radius 1 is 1.00 bits per heavy atom. The molecule has 3 aromatic carbocycles. The highest BCUT2D eigenvalue weighted by Crippen LogP contribution is 2.48. The maximum atomic E-state index is 13.7. The van der Waals surface area contributed by atoms with Crippen LogP contribution in [0.25, 0.3) is 0 Å². The Balaban J connectivity index is 1.64. The van der Waals surface area contributed by atoms with Crippen molar-refractivity contribution in [3.8, 4) is 5.75 Å². The summed E-state index contributed by atoms with van der Waals surface area (Å²) in [5, 5.41) is 6.59. The Labute approximate surface area is 212 Å². The molecular weight excluding hydrogens is 450 g/mol. The summed E-state index contributed by atoms with van der Waals surface area (Å²) in [4.78, 5) is 29.1. The van der Waals surface area contributed by atoms with Gasteiger partial charge in [-0.25, -0.2) is 0 Å². The lowest BCUT2D eigenvalue weighted by atomic mass is 9.73. The largest absolute Gasteiger partial charge is 0.497 e. The molecule has 1 atom stereocenters. The van der Waals surface area contributed by atoms with E-state index >= 15 is 0 Å². The highest BCUT2D eigenvalue weighted by molar-refractivity contribution is 6.02. The minimum absolute atomic E-state index is 0.0811. The van der Waals surface area contributed by atoms with E-state index in [0.717, 1.165) is 46.1 Å². The van der Waals surface area contributed by atoms with Crippen LogP contribution in [0.1, 0.15) is 38.3 Å². The van der Waals surface area contributed by atoms with Crippen LogP contribution in [0.3, 0.4) is 0 Å². The second-order valence-corrected chi connectivity index (χ2v) is 10.2. The quantitative estimate of drug-likeness (QED) is 0.471. The summed E-state index contributed by atoms with van der Waals surface area (Å²) in [7, 11) is 1.63. The van der Waals surface area contributed by atoms with Gasteiger partial charge < -0.3 is 20.3 Å². The van der Waals surface area contributed by atoms with Gasteiger partial charge in [0, 0.05) is 23.4 Å². The minimum Gasteiger partial charge on any atom is -0.497 e. The fraction of sp³-hybridized carbons (Fsp3) is 0.267. The summed E-state index contributed by atoms with van der Waals surface area (Å²) < 4.78 is 5.38. The average molecular weight is 482 g/mol. The van der Waals surface area contributed by atoms with E-state index in [4.69, 9.17) is 4.74 Å². The lowest BCUT2D eigenvalue weighted by Crippen LogP contribution is -2.40. The lowest BCUT2D eigenvalue weighted by Gasteiger charge is -2.38. The van der Waals surface area contributed by atoms with E-state index in [1.807, 2.05) is 83.8 Å². The van der Waals surface area contributed by atoms with Crippen LogP contribution < -0.4 is 20.3 Å². The number of Topliss-reactive ketones (excluding diaryl/α,β-unsaturated/α-hetero) is 1. The number of amides is 1. The van der Waals surface area contributed by atoms with Gasteiger partial charge in [0.15, 0.2) is 5.78 Å². The first-order chi connectivity index (χ1) is 17.3. The molecular formula is C30H31N3O3. The van der Waals surface area contributed by atoms with E-state index in [1.165, 1.54) is 0 Å². The molecule has 0 spiro atoms. The molecule has 0 bridgehead atoms. The van der Waals surface area contributed by atoms with Crippen LogP contribution in [0.15, 0.2) is 90.1 Å². The molecule has 5 rings (SSSR count). The number of carbonyl (C=O) groups excluding carboxylic acids is 2. The van der Waals surface area contributed by atoms with Gasteiger partial charge in [-0.05, 0) is 53.8 Å². The number of nitrogens with one attached hydrogen (secondary N) is 2. The van der Waals surface area contributed by atoms with Crippen molar-refractivity contribution in [2.45, 2.75) is 32.7 Å². The minimum atomic E-state index is -0.424. The third kappa shape index (κ3) is 4.71. The predicted octanol–water partition coefficient (Wildman–Crippen LogP) is 5.95. The molecule has 2 N–H and O–H groups in total. The zero-order valence-electron chi connectivity index (χ0n) is 20.9. The standard InChI is InChI=1S/C30H31N3O3/c1-30(2)17-24-28(26(34)18-30)29(20-13-15-22(36-3)16-14-20)33(25-12-8-7-11-23(25)32-24)19-27(35)31-21-9-5-4-6-10-21/h4-16,29,32H,17-19H2,1-3H3,(H,31,35)/t29-/m1/s1. The fourth-order valence-corrected chi connectivity index (χ4v) is 5.24. The molecule has 1 amide bonds. The van der Waals surface area contributed by atoms with E-state index < -0.39 is 6.04 Å². The molecule has 0 radical (unpaired) electrons. The maximum Gasteiger partial charge on any atom is 0.243 e. The maximum absolute atomic E-state index is 13.7. The summed E-state index contributed by atoms with van der Waals surface area (Å²) in [5.41, 5.74) is 4.93. The fourth-order valence-electron chi connectivity index (χ4n) is 5.24. The van der Waals surface area contributed by atoms with Gasteiger partial charge in [0.1, 0.15) is 5.75 Å². The zero-order valence-corrected chi connectivity index (χ0v) is 20.9. The number of anilines is 3. The summed E-state index contributed by atoms with van der Waals surface area (Å²) in [6.45, 7) is 4.33. The molecule has 3 aromatic rings. The van der Waals surface area contributed by atoms with Gasteiger partial charge >= 0.3 is 0 Å². The third-order valence-electron chi connectivity index (χ3n) is 6.81. The van der Waals surface area contributed by atoms with E-state index in [-0.39, 0.29) is 23.7 Å². The number of ether oxygens (including phenoxy) is 1. The summed E-state index contributed by atoms with van der Waals surface area (Å²) in [6, 6.07) is 24.7. The van der Waals surface area contributed by atoms with Gasteiger partial charge in [0.25, 0.3) is 0 Å². The predicted molar refractivity (Wildman–Crippen MR) is 143 cm³/mol. The Hall–Kier alpha value is -4.06. The number of fused-ring (bicyclic) bond motifs is 1. The number of methoxy groups -OCH3 is 1. The first-order valence-corrected chi connectivity index (χ1v) is 12.2. The van der Waals surface area contributed by atoms with Crippen LogP contribution in [0, 0.1) is 5.41 Å². The molecule has 2 aliphatic rings. The van der Waals surface area contributed by atoms with Gasteiger partial charge in [-0.15, -0.1) is 0 Å². The first-order valence-electron chi connectivity index (χ1n) is 12.2. The van der Waals surface area contributed by atoms with Gasteiger partial charge in [0.05, 0.1) is 31.1 Å². The summed E-state index contributed by atoms with van der Waals surface area (Å²) in [6.07, 6.45) is 1.21. The first kappa shape index (κ1) is 23.7. The number of para-hydroxylation sites is 3. The second kappa shape index (κ2) is 9.53. The van der Waals surface area contributed by atoms with Crippen LogP contribution in [0.5, 0.6) is 5.75 Å². The van der Waals surface area contributed by atoms with Crippen molar-refractivity contribution in [2.75, 3.05) is 29.2 Å². The van der Waals surface area contributed by atoms with E-state index in [9.17, 15) is 9.59 Å². The Kier molecular flexibility index (Phi) is 6.27. The van der Waals surface area contributed by atoms with Crippen molar-refractivity contribution in [1.82, 2.24) is 0 Å². The summed E-state index contributed by atoms with van der Waals surface area (Å²) in [5.74, 6) is 0.697. The van der Waals surface area contributed by atoms with Crippen molar-refractivity contribution in [1.29, 1.82) is 0 Å². The molecule has 0 saturated carbocycles. The normalized spacial score (nSPS) is 18.5. The molecule has 6 heteroatoms. The van der Waals surface area contributed by atoms with E-state index in [0.29, 0.717) is 6.42 Å². The van der Waals surface area contributed by atoms with Gasteiger partial charge in [-0.2, -0.15) is 0 Å². The molecule has 0 fully saturated rings. The molecule has 1 heterocycles. The number of carbonyl (C=O) groups is 2. The van der Waals surface area contributed by atoms with Crippen molar-refractivity contribution in [3.05, 3.63) is 95.7 Å². The third-order valence-corrected chi connectivity index (χ3v) is 6.81. The smallest absolute Gasteiger partial charge is 0.243 e. The summed E-state index contributed by atoms with van der Waals surface area (Å²) >= 11 is 0. The molecule has 0 unspecified atom stereocenters. The Morgan fingerprint density at radius 3 is 2.42 bits per heavy atom. The molecule has 0 aromatic heterocycles. The van der Waals surface area contributed by atoms with Crippen molar-refractivity contribution < 1.29 is 14.3 Å². The monoisotopic (exact) mass is 481 g/mol. The van der Waals surface area contributed by atoms with Crippen LogP contribution in [0.2, 0.25) is 0 Å². The number of rotatable bonds is 5. The van der Waals surface area contributed by atoms with Crippen LogP contribution in [-0.4, -0.2) is 25.3 Å². The number of benzene rings is 3. The lowest BCUT2D eigenvalue weighted by molar-refractivity contribution is -0.119. The van der Waals surface area contributed by atoms with Crippen molar-refractivity contribution >= 4 is 28.8 Å². The molecule has 0 saturated heterocycles. The van der Waals surface area contributed by atoms with Gasteiger partial charge in [-0.3, -0.25) is 9.59 Å². The second-order valence-electron chi connectivity index (χ2n) is 10.2. The zero-order chi connectivity index (χ0) is 25.3. The highest BCUT2D eigenvalue weighted by Gasteiger charge is 2.41. The van der Waals surface area contributed by atoms with Crippen molar-refractivity contribution in [2.24, 2.45) is 5.41 Å². The molecule has 1 aliphatic carbocycles. The molecule has 1 aliphatic heterocycles. The number of nitrogens with zero attached hydrogens (tertiary/aromatic N) is 1. The SMILES string of the molecule is COc1ccc([C@@H]2C3=C(CC(C)(C)CC3=O)Nc3ccccc3N2CC(=O)Nc2ccccc2)cc1. The van der Waals surface area contributed by atoms with Gasteiger partial charge in [0.2, 0.25) is 5.91 Å². The van der Waals surface area contributed by atoms with Crippen LogP contribution in [-0.2, 0) is 9.59 Å². The average Bonchev–Trinajstić information content (AvgIpc) is 2.98. The molecule has 36 heavy (non-hydrogen) atoms. The highest BCUT2D eigenvalue weighted by atomic mass is 16.5. The van der Waals surface area contributed by atoms with E-state index in [2.05, 4.69) is 24.5 Å².